The molecule has 0 spiro atoms. The zero-order chi connectivity index (χ0) is 14.8. The Hall–Kier alpha value is -1.52. The number of nitrogens with one attached hydrogen (secondary N) is 2. The Kier molecular flexibility index (Phi) is 4.17. The van der Waals surface area contributed by atoms with Crippen molar-refractivity contribution in [3.8, 4) is 0 Å². The second-order valence-corrected chi connectivity index (χ2v) is 6.30. The third kappa shape index (κ3) is 3.39. The van der Waals surface area contributed by atoms with Crippen LogP contribution >= 0.6 is 27.5 Å². The maximum absolute atomic E-state index is 11.3. The van der Waals surface area contributed by atoms with Gasteiger partial charge in [-0.2, -0.15) is 0 Å². The van der Waals surface area contributed by atoms with E-state index in [1.54, 1.807) is 0 Å². The minimum Gasteiger partial charge on any atom is -0.381 e. The average Bonchev–Trinajstić information content (AvgIpc) is 2.46. The van der Waals surface area contributed by atoms with Crippen LogP contribution in [-0.2, 0) is 17.8 Å². The van der Waals surface area contributed by atoms with Crippen LogP contribution in [-0.4, -0.2) is 5.91 Å². The van der Waals surface area contributed by atoms with Crippen molar-refractivity contribution in [2.24, 2.45) is 0 Å². The van der Waals surface area contributed by atoms with Crippen molar-refractivity contribution in [3.05, 3.63) is 57.0 Å². The standard InChI is InChI=1S/C16H14BrClN2O/c17-14-8-12(18)3-1-11(14)9-19-13-4-5-15-10(7-13)2-6-16(21)20-15/h1,3-5,7-8,19H,2,6,9H2,(H,20,21). The highest BCUT2D eigenvalue weighted by molar-refractivity contribution is 9.10. The summed E-state index contributed by atoms with van der Waals surface area (Å²) < 4.78 is 0.993. The molecule has 0 atom stereocenters. The van der Waals surface area contributed by atoms with Crippen molar-refractivity contribution in [1.82, 2.24) is 0 Å². The van der Waals surface area contributed by atoms with Gasteiger partial charge in [-0.1, -0.05) is 33.6 Å². The lowest BCUT2D eigenvalue weighted by Gasteiger charge is -2.18. The van der Waals surface area contributed by atoms with Crippen LogP contribution in [0.3, 0.4) is 0 Å². The summed E-state index contributed by atoms with van der Waals surface area (Å²) in [4.78, 5) is 11.3. The summed E-state index contributed by atoms with van der Waals surface area (Å²) in [5.41, 5.74) is 4.29. The lowest BCUT2D eigenvalue weighted by Crippen LogP contribution is -2.18. The molecule has 3 rings (SSSR count). The first-order chi connectivity index (χ1) is 10.1. The van der Waals surface area contributed by atoms with Crippen LogP contribution in [0.4, 0.5) is 11.4 Å². The maximum Gasteiger partial charge on any atom is 0.224 e. The van der Waals surface area contributed by atoms with E-state index in [-0.39, 0.29) is 5.91 Å². The first kappa shape index (κ1) is 14.4. The quantitative estimate of drug-likeness (QED) is 0.834. The Morgan fingerprint density at radius 2 is 2.05 bits per heavy atom. The fraction of sp³-hybridized carbons (Fsp3) is 0.188. The van der Waals surface area contributed by atoms with Gasteiger partial charge in [0.05, 0.1) is 0 Å². The van der Waals surface area contributed by atoms with E-state index in [9.17, 15) is 4.79 Å². The van der Waals surface area contributed by atoms with E-state index < -0.39 is 0 Å². The number of halogens is 2. The second kappa shape index (κ2) is 6.08. The molecule has 5 heteroatoms. The van der Waals surface area contributed by atoms with Crippen LogP contribution in [0.25, 0.3) is 0 Å². The molecule has 0 aliphatic carbocycles. The molecule has 3 nitrogen and oxygen atoms in total. The van der Waals surface area contributed by atoms with E-state index in [1.165, 1.54) is 5.56 Å². The van der Waals surface area contributed by atoms with Gasteiger partial charge in [0.2, 0.25) is 5.91 Å². The zero-order valence-electron chi connectivity index (χ0n) is 11.2. The maximum atomic E-state index is 11.3. The van der Waals surface area contributed by atoms with Crippen molar-refractivity contribution < 1.29 is 4.79 Å². The molecule has 0 bridgehead atoms. The summed E-state index contributed by atoms with van der Waals surface area (Å²) in [6.45, 7) is 0.711. The second-order valence-electron chi connectivity index (χ2n) is 5.01. The predicted octanol–water partition coefficient (Wildman–Crippen LogP) is 4.60. The fourth-order valence-corrected chi connectivity index (χ4v) is 3.18. The number of fused-ring (bicyclic) bond motifs is 1. The third-order valence-corrected chi connectivity index (χ3v) is 4.47. The van der Waals surface area contributed by atoms with Crippen LogP contribution < -0.4 is 10.6 Å². The number of aryl methyl sites for hydroxylation is 1. The molecule has 2 aromatic carbocycles. The molecule has 0 aromatic heterocycles. The van der Waals surface area contributed by atoms with Crippen molar-refractivity contribution in [2.45, 2.75) is 19.4 Å². The van der Waals surface area contributed by atoms with Gasteiger partial charge in [0.15, 0.2) is 0 Å². The van der Waals surface area contributed by atoms with Crippen LogP contribution in [0.1, 0.15) is 17.5 Å². The molecule has 0 unspecified atom stereocenters. The van der Waals surface area contributed by atoms with Gasteiger partial charge >= 0.3 is 0 Å². The number of carbonyl (C=O) groups is 1. The Morgan fingerprint density at radius 3 is 2.86 bits per heavy atom. The van der Waals surface area contributed by atoms with Gasteiger partial charge in [-0.05, 0) is 47.9 Å². The summed E-state index contributed by atoms with van der Waals surface area (Å²) in [7, 11) is 0. The van der Waals surface area contributed by atoms with E-state index in [0.717, 1.165) is 32.9 Å². The van der Waals surface area contributed by atoms with Crippen molar-refractivity contribution in [2.75, 3.05) is 10.6 Å². The molecule has 21 heavy (non-hydrogen) atoms. The van der Waals surface area contributed by atoms with Crippen LogP contribution in [0.2, 0.25) is 5.02 Å². The predicted molar refractivity (Wildman–Crippen MR) is 89.9 cm³/mol. The van der Waals surface area contributed by atoms with Gasteiger partial charge in [0.25, 0.3) is 0 Å². The smallest absolute Gasteiger partial charge is 0.224 e. The third-order valence-electron chi connectivity index (χ3n) is 3.50. The van der Waals surface area contributed by atoms with Crippen molar-refractivity contribution >= 4 is 44.8 Å². The lowest BCUT2D eigenvalue weighted by molar-refractivity contribution is -0.116. The Balaban J connectivity index is 1.72. The zero-order valence-corrected chi connectivity index (χ0v) is 13.6. The number of carbonyl (C=O) groups excluding carboxylic acids is 1. The molecule has 0 saturated heterocycles. The van der Waals surface area contributed by atoms with Crippen LogP contribution in [0.15, 0.2) is 40.9 Å². The Bertz CT molecular complexity index is 703. The highest BCUT2D eigenvalue weighted by Crippen LogP contribution is 2.27. The van der Waals surface area contributed by atoms with Crippen LogP contribution in [0.5, 0.6) is 0 Å². The molecule has 1 amide bonds. The van der Waals surface area contributed by atoms with E-state index in [4.69, 9.17) is 11.6 Å². The molecule has 2 N–H and O–H groups in total. The van der Waals surface area contributed by atoms with Gasteiger partial charge in [-0.15, -0.1) is 0 Å². The first-order valence-electron chi connectivity index (χ1n) is 6.72. The largest absolute Gasteiger partial charge is 0.381 e. The summed E-state index contributed by atoms with van der Waals surface area (Å²) in [5.74, 6) is 0.0910. The summed E-state index contributed by atoms with van der Waals surface area (Å²) in [6.07, 6.45) is 1.35. The molecule has 108 valence electrons. The number of rotatable bonds is 3. The van der Waals surface area contributed by atoms with Gasteiger partial charge in [-0.3, -0.25) is 4.79 Å². The molecule has 1 heterocycles. The number of benzene rings is 2. The monoisotopic (exact) mass is 364 g/mol. The molecule has 1 aliphatic rings. The topological polar surface area (TPSA) is 41.1 Å². The Labute approximate surface area is 136 Å². The number of anilines is 2. The van der Waals surface area contributed by atoms with E-state index in [1.807, 2.05) is 30.3 Å². The Morgan fingerprint density at radius 1 is 1.19 bits per heavy atom. The van der Waals surface area contributed by atoms with Gasteiger partial charge in [0.1, 0.15) is 0 Å². The van der Waals surface area contributed by atoms with E-state index >= 15 is 0 Å². The molecular weight excluding hydrogens is 352 g/mol. The van der Waals surface area contributed by atoms with Crippen molar-refractivity contribution in [1.29, 1.82) is 0 Å². The number of hydrogen-bond donors (Lipinski definition) is 2. The summed E-state index contributed by atoms with van der Waals surface area (Å²) in [6, 6.07) is 11.8. The molecule has 2 aromatic rings. The van der Waals surface area contributed by atoms with Gasteiger partial charge in [0, 0.05) is 33.8 Å². The van der Waals surface area contributed by atoms with E-state index in [0.29, 0.717) is 13.0 Å². The molecule has 0 fully saturated rings. The normalized spacial score (nSPS) is 13.5. The highest BCUT2D eigenvalue weighted by atomic mass is 79.9. The molecular formula is C16H14BrClN2O. The van der Waals surface area contributed by atoms with E-state index in [2.05, 4.69) is 32.6 Å². The highest BCUT2D eigenvalue weighted by Gasteiger charge is 2.14. The summed E-state index contributed by atoms with van der Waals surface area (Å²) >= 11 is 9.46. The number of hydrogen-bond acceptors (Lipinski definition) is 2. The molecule has 0 radical (unpaired) electrons. The SMILES string of the molecule is O=C1CCc2cc(NCc3ccc(Cl)cc3Br)ccc2N1. The molecule has 0 saturated carbocycles. The fourth-order valence-electron chi connectivity index (χ4n) is 2.36. The van der Waals surface area contributed by atoms with Gasteiger partial charge in [-0.25, -0.2) is 0 Å². The molecule has 1 aliphatic heterocycles. The minimum absolute atomic E-state index is 0.0910. The number of amides is 1. The van der Waals surface area contributed by atoms with Gasteiger partial charge < -0.3 is 10.6 Å². The minimum atomic E-state index is 0.0910. The summed E-state index contributed by atoms with van der Waals surface area (Å²) in [5, 5.41) is 7.00. The first-order valence-corrected chi connectivity index (χ1v) is 7.89. The van der Waals surface area contributed by atoms with Crippen LogP contribution in [0, 0.1) is 0 Å². The average molecular weight is 366 g/mol. The van der Waals surface area contributed by atoms with Crippen molar-refractivity contribution in [3.63, 3.8) is 0 Å². The lowest BCUT2D eigenvalue weighted by atomic mass is 10.0.